The number of carbonyl (C=O) groups excluding carboxylic acids is 1. The Morgan fingerprint density at radius 1 is 1.11 bits per heavy atom. The van der Waals surface area contributed by atoms with Gasteiger partial charge in [0, 0.05) is 43.9 Å². The zero-order valence-corrected chi connectivity index (χ0v) is 17.6. The number of nitrogens with zero attached hydrogens (tertiary/aromatic N) is 4. The summed E-state index contributed by atoms with van der Waals surface area (Å²) in [5, 5.41) is 1.32. The normalized spacial score (nSPS) is 15.8. The maximum atomic E-state index is 13.0. The first kappa shape index (κ1) is 19.2. The Morgan fingerprint density at radius 2 is 1.82 bits per heavy atom. The predicted octanol–water partition coefficient (Wildman–Crippen LogP) is 4.06. The molecule has 0 saturated carbocycles. The number of hydrogen-bond donors (Lipinski definition) is 0. The number of aryl methyl sites for hydroxylation is 1. The minimum Gasteiger partial charge on any atom is -0.368 e. The number of fused-ring (bicyclic) bond motifs is 1. The van der Waals surface area contributed by atoms with Crippen LogP contribution in [0.5, 0.6) is 0 Å². The number of piperazine rings is 1. The molecule has 2 heterocycles. The highest BCUT2D eigenvalue weighted by Gasteiger charge is 2.26. The van der Waals surface area contributed by atoms with Gasteiger partial charge in [-0.3, -0.25) is 4.79 Å². The van der Waals surface area contributed by atoms with E-state index in [9.17, 15) is 4.79 Å². The van der Waals surface area contributed by atoms with Crippen molar-refractivity contribution >= 4 is 46.0 Å². The van der Waals surface area contributed by atoms with Crippen molar-refractivity contribution in [2.75, 3.05) is 31.1 Å². The van der Waals surface area contributed by atoms with E-state index in [1.807, 2.05) is 47.7 Å². The average Bonchev–Trinajstić information content (AvgIpc) is 3.02. The highest BCUT2D eigenvalue weighted by Crippen LogP contribution is 2.29. The van der Waals surface area contributed by atoms with E-state index < -0.39 is 0 Å². The van der Waals surface area contributed by atoms with Crippen LogP contribution in [0.3, 0.4) is 0 Å². The third-order valence-electron chi connectivity index (χ3n) is 5.14. The molecule has 1 fully saturated rings. The molecule has 0 radical (unpaired) electrons. The fourth-order valence-corrected chi connectivity index (χ4v) is 4.69. The summed E-state index contributed by atoms with van der Waals surface area (Å²) in [7, 11) is 1.97. The maximum Gasteiger partial charge on any atom is 0.236 e. The lowest BCUT2D eigenvalue weighted by Gasteiger charge is -2.37. The highest BCUT2D eigenvalue weighted by atomic mass is 35.5. The van der Waals surface area contributed by atoms with Gasteiger partial charge in [0.15, 0.2) is 5.16 Å². The van der Waals surface area contributed by atoms with Crippen LogP contribution in [0.1, 0.15) is 6.92 Å². The van der Waals surface area contributed by atoms with Gasteiger partial charge in [-0.2, -0.15) is 0 Å². The number of carbonyl (C=O) groups is 1. The second-order valence-electron chi connectivity index (χ2n) is 6.99. The van der Waals surface area contributed by atoms with E-state index in [2.05, 4.69) is 34.1 Å². The summed E-state index contributed by atoms with van der Waals surface area (Å²) >= 11 is 7.58. The Bertz CT molecular complexity index is 983. The number of rotatable bonds is 4. The summed E-state index contributed by atoms with van der Waals surface area (Å²) in [5.41, 5.74) is 3.09. The van der Waals surface area contributed by atoms with Crippen molar-refractivity contribution in [2.45, 2.75) is 17.3 Å². The first-order chi connectivity index (χ1) is 13.5. The van der Waals surface area contributed by atoms with E-state index in [1.165, 1.54) is 17.4 Å². The zero-order chi connectivity index (χ0) is 19.7. The number of aromatic nitrogens is 2. The third-order valence-corrected chi connectivity index (χ3v) is 6.51. The number of para-hydroxylation sites is 1. The van der Waals surface area contributed by atoms with Gasteiger partial charge in [-0.1, -0.05) is 41.6 Å². The second-order valence-corrected chi connectivity index (χ2v) is 8.74. The van der Waals surface area contributed by atoms with Crippen LogP contribution in [0.15, 0.2) is 53.7 Å². The molecule has 1 aliphatic rings. The summed E-state index contributed by atoms with van der Waals surface area (Å²) in [6, 6.07) is 16.0. The zero-order valence-electron chi connectivity index (χ0n) is 16.0. The molecule has 0 N–H and O–H groups in total. The molecule has 2 aromatic carbocycles. The standard InChI is InChI=1S/C21H23ClN4OS/c1-15(28-21-23-18-14-16(22)8-9-19(18)24(21)2)20(27)26-12-10-25(11-13-26)17-6-4-3-5-7-17/h3-9,14-15H,10-13H2,1-2H3/t15-/m0/s1. The van der Waals surface area contributed by atoms with Crippen LogP contribution in [0.4, 0.5) is 5.69 Å². The molecule has 5 nitrogen and oxygen atoms in total. The van der Waals surface area contributed by atoms with E-state index in [0.29, 0.717) is 5.02 Å². The molecule has 0 bridgehead atoms. The molecular weight excluding hydrogens is 392 g/mol. The van der Waals surface area contributed by atoms with Gasteiger partial charge in [-0.05, 0) is 37.3 Å². The number of imidazole rings is 1. The van der Waals surface area contributed by atoms with Crippen molar-refractivity contribution in [2.24, 2.45) is 7.05 Å². The van der Waals surface area contributed by atoms with Crippen LogP contribution in [-0.2, 0) is 11.8 Å². The van der Waals surface area contributed by atoms with Crippen molar-refractivity contribution in [3.8, 4) is 0 Å². The van der Waals surface area contributed by atoms with E-state index in [1.54, 1.807) is 0 Å². The summed E-state index contributed by atoms with van der Waals surface area (Å²) in [6.07, 6.45) is 0. The third kappa shape index (κ3) is 3.84. The molecule has 0 aliphatic carbocycles. The fourth-order valence-electron chi connectivity index (χ4n) is 3.55. The number of benzene rings is 2. The Kier molecular flexibility index (Phi) is 5.51. The Morgan fingerprint density at radius 3 is 2.54 bits per heavy atom. The van der Waals surface area contributed by atoms with Gasteiger partial charge in [0.05, 0.1) is 16.3 Å². The van der Waals surface area contributed by atoms with Crippen molar-refractivity contribution in [3.05, 3.63) is 53.6 Å². The minimum atomic E-state index is -0.186. The largest absolute Gasteiger partial charge is 0.368 e. The maximum absolute atomic E-state index is 13.0. The molecular formula is C21H23ClN4OS. The Hall–Kier alpha value is -2.18. The molecule has 146 valence electrons. The van der Waals surface area contributed by atoms with Gasteiger partial charge >= 0.3 is 0 Å². The molecule has 3 aromatic rings. The smallest absolute Gasteiger partial charge is 0.236 e. The first-order valence-corrected chi connectivity index (χ1v) is 10.7. The van der Waals surface area contributed by atoms with E-state index in [4.69, 9.17) is 11.6 Å². The number of amides is 1. The average molecular weight is 415 g/mol. The van der Waals surface area contributed by atoms with Crippen molar-refractivity contribution in [1.29, 1.82) is 0 Å². The lowest BCUT2D eigenvalue weighted by Crippen LogP contribution is -2.50. The van der Waals surface area contributed by atoms with Gasteiger partial charge in [0.1, 0.15) is 0 Å². The summed E-state index contributed by atoms with van der Waals surface area (Å²) < 4.78 is 2.02. The van der Waals surface area contributed by atoms with Crippen LogP contribution in [-0.4, -0.2) is 51.8 Å². The molecule has 1 amide bonds. The molecule has 0 spiro atoms. The Labute approximate surface area is 174 Å². The van der Waals surface area contributed by atoms with Crippen LogP contribution >= 0.6 is 23.4 Å². The molecule has 1 aliphatic heterocycles. The van der Waals surface area contributed by atoms with E-state index >= 15 is 0 Å². The summed E-state index contributed by atoms with van der Waals surface area (Å²) in [6.45, 7) is 5.17. The van der Waals surface area contributed by atoms with Gasteiger partial charge in [0.25, 0.3) is 0 Å². The molecule has 4 rings (SSSR count). The van der Waals surface area contributed by atoms with Gasteiger partial charge in [-0.15, -0.1) is 0 Å². The van der Waals surface area contributed by atoms with Gasteiger partial charge in [0.2, 0.25) is 5.91 Å². The van der Waals surface area contributed by atoms with Crippen LogP contribution < -0.4 is 4.90 Å². The summed E-state index contributed by atoms with van der Waals surface area (Å²) in [5.74, 6) is 0.169. The highest BCUT2D eigenvalue weighted by molar-refractivity contribution is 8.00. The summed E-state index contributed by atoms with van der Waals surface area (Å²) in [4.78, 5) is 21.9. The minimum absolute atomic E-state index is 0.169. The van der Waals surface area contributed by atoms with Crippen molar-refractivity contribution in [1.82, 2.24) is 14.5 Å². The number of hydrogen-bond acceptors (Lipinski definition) is 4. The van der Waals surface area contributed by atoms with Crippen LogP contribution in [0.25, 0.3) is 11.0 Å². The monoisotopic (exact) mass is 414 g/mol. The lowest BCUT2D eigenvalue weighted by molar-refractivity contribution is -0.130. The quantitative estimate of drug-likeness (QED) is 0.604. The van der Waals surface area contributed by atoms with Crippen LogP contribution in [0.2, 0.25) is 5.02 Å². The topological polar surface area (TPSA) is 41.4 Å². The van der Waals surface area contributed by atoms with Crippen LogP contribution in [0, 0.1) is 0 Å². The van der Waals surface area contributed by atoms with E-state index in [-0.39, 0.29) is 11.2 Å². The van der Waals surface area contributed by atoms with Gasteiger partial charge < -0.3 is 14.4 Å². The molecule has 1 atom stereocenters. The molecule has 28 heavy (non-hydrogen) atoms. The Balaban J connectivity index is 1.40. The molecule has 1 saturated heterocycles. The number of anilines is 1. The predicted molar refractivity (Wildman–Crippen MR) is 116 cm³/mol. The SMILES string of the molecule is C[C@H](Sc1nc2cc(Cl)ccc2n1C)C(=O)N1CCN(c2ccccc2)CC1. The first-order valence-electron chi connectivity index (χ1n) is 9.40. The fraction of sp³-hybridized carbons (Fsp3) is 0.333. The lowest BCUT2D eigenvalue weighted by atomic mass is 10.2. The van der Waals surface area contributed by atoms with Gasteiger partial charge in [-0.25, -0.2) is 4.98 Å². The number of thioether (sulfide) groups is 1. The van der Waals surface area contributed by atoms with E-state index in [0.717, 1.165) is 42.4 Å². The van der Waals surface area contributed by atoms with Crippen molar-refractivity contribution in [3.63, 3.8) is 0 Å². The number of halogens is 1. The molecule has 7 heteroatoms. The van der Waals surface area contributed by atoms with Crippen molar-refractivity contribution < 1.29 is 4.79 Å². The molecule has 1 aromatic heterocycles. The second kappa shape index (κ2) is 8.05. The molecule has 0 unspecified atom stereocenters.